The second kappa shape index (κ2) is 7.57. The van der Waals surface area contributed by atoms with E-state index in [0.29, 0.717) is 18.4 Å². The van der Waals surface area contributed by atoms with E-state index in [4.69, 9.17) is 4.74 Å². The van der Waals surface area contributed by atoms with Crippen molar-refractivity contribution in [1.29, 1.82) is 0 Å². The first-order valence-electron chi connectivity index (χ1n) is 7.89. The highest BCUT2D eigenvalue weighted by atomic mass is 32.2. The maximum atomic E-state index is 12.7. The number of carboxylic acids is 1. The van der Waals surface area contributed by atoms with Crippen LogP contribution >= 0.6 is 0 Å². The molecule has 0 saturated heterocycles. The Morgan fingerprint density at radius 3 is 2.20 bits per heavy atom. The maximum Gasteiger partial charge on any atom is 0.341 e. The summed E-state index contributed by atoms with van der Waals surface area (Å²) in [4.78, 5) is 11.9. The molecule has 0 aliphatic heterocycles. The number of rotatable bonds is 7. The largest absolute Gasteiger partial charge is 0.495 e. The van der Waals surface area contributed by atoms with Crippen molar-refractivity contribution in [2.75, 3.05) is 11.8 Å². The van der Waals surface area contributed by atoms with Crippen LogP contribution in [0.15, 0.2) is 41.3 Å². The van der Waals surface area contributed by atoms with Crippen molar-refractivity contribution in [1.82, 2.24) is 0 Å². The molecule has 0 amide bonds. The Labute approximate surface area is 147 Å². The summed E-state index contributed by atoms with van der Waals surface area (Å²) in [5, 5.41) is 9.67. The number of hydrogen-bond acceptors (Lipinski definition) is 4. The summed E-state index contributed by atoms with van der Waals surface area (Å²) in [5.74, 6) is -1.06. The van der Waals surface area contributed by atoms with Gasteiger partial charge in [-0.3, -0.25) is 4.72 Å². The first-order valence-corrected chi connectivity index (χ1v) is 9.37. The smallest absolute Gasteiger partial charge is 0.341 e. The summed E-state index contributed by atoms with van der Waals surface area (Å²) >= 11 is 0. The Hall–Kier alpha value is -2.54. The predicted molar refractivity (Wildman–Crippen MR) is 96.0 cm³/mol. The van der Waals surface area contributed by atoms with E-state index in [1.54, 1.807) is 24.3 Å². The number of hydrogen-bond donors (Lipinski definition) is 2. The molecule has 0 unspecified atom stereocenters. The number of nitrogens with one attached hydrogen (secondary N) is 1. The van der Waals surface area contributed by atoms with Gasteiger partial charge in [0.05, 0.1) is 17.7 Å². The molecule has 0 spiro atoms. The van der Waals surface area contributed by atoms with Gasteiger partial charge in [-0.05, 0) is 36.1 Å². The predicted octanol–water partition coefficient (Wildman–Crippen LogP) is 3.32. The van der Waals surface area contributed by atoms with Crippen LogP contribution in [0, 0.1) is 0 Å². The van der Waals surface area contributed by atoms with Crippen LogP contribution in [0.1, 0.15) is 35.3 Å². The van der Waals surface area contributed by atoms with E-state index in [9.17, 15) is 18.3 Å². The molecule has 2 aromatic carbocycles. The molecule has 2 N–H and O–H groups in total. The van der Waals surface area contributed by atoms with Gasteiger partial charge in [0.1, 0.15) is 11.3 Å². The van der Waals surface area contributed by atoms with Crippen LogP contribution in [0.3, 0.4) is 0 Å². The summed E-state index contributed by atoms with van der Waals surface area (Å²) < 4.78 is 33.0. The standard InChI is InChI=1S/C18H21NO5S/c1-4-12-11-13(5-2)17(24-3)15(18(20)21)16(12)19-25(22,23)14-9-7-6-8-10-14/h6-11,19H,4-5H2,1-3H3,(H,20,21). The summed E-state index contributed by atoms with van der Waals surface area (Å²) in [7, 11) is -2.54. The number of methoxy groups -OCH3 is 1. The third kappa shape index (κ3) is 3.76. The van der Waals surface area contributed by atoms with E-state index in [0.717, 1.165) is 5.56 Å². The average molecular weight is 363 g/mol. The fourth-order valence-corrected chi connectivity index (χ4v) is 3.81. The molecule has 0 saturated carbocycles. The van der Waals surface area contributed by atoms with Crippen LogP contribution in [0.5, 0.6) is 5.75 Å². The number of carboxylic acid groups (broad SMARTS) is 1. The number of ether oxygens (including phenoxy) is 1. The quantitative estimate of drug-likeness (QED) is 0.787. The maximum absolute atomic E-state index is 12.7. The Morgan fingerprint density at radius 1 is 1.12 bits per heavy atom. The third-order valence-corrected chi connectivity index (χ3v) is 5.27. The monoisotopic (exact) mass is 363 g/mol. The third-order valence-electron chi connectivity index (χ3n) is 3.91. The molecule has 7 heteroatoms. The Balaban J connectivity index is 2.69. The Kier molecular flexibility index (Phi) is 5.69. The molecular formula is C18H21NO5S. The van der Waals surface area contributed by atoms with E-state index in [2.05, 4.69) is 4.72 Å². The van der Waals surface area contributed by atoms with Gasteiger partial charge < -0.3 is 9.84 Å². The Morgan fingerprint density at radius 2 is 1.72 bits per heavy atom. The number of benzene rings is 2. The second-order valence-electron chi connectivity index (χ2n) is 5.41. The van der Waals surface area contributed by atoms with E-state index in [1.807, 2.05) is 13.8 Å². The fourth-order valence-electron chi connectivity index (χ4n) is 2.67. The summed E-state index contributed by atoms with van der Waals surface area (Å²) in [6, 6.07) is 9.60. The fraction of sp³-hybridized carbons (Fsp3) is 0.278. The van der Waals surface area contributed by atoms with E-state index in [1.165, 1.54) is 19.2 Å². The highest BCUT2D eigenvalue weighted by Gasteiger charge is 2.26. The van der Waals surface area contributed by atoms with Gasteiger partial charge in [0.25, 0.3) is 10.0 Å². The van der Waals surface area contributed by atoms with Crippen molar-refractivity contribution in [2.24, 2.45) is 0 Å². The number of sulfonamides is 1. The zero-order valence-electron chi connectivity index (χ0n) is 14.4. The molecule has 6 nitrogen and oxygen atoms in total. The normalized spacial score (nSPS) is 11.2. The van der Waals surface area contributed by atoms with Crippen molar-refractivity contribution in [3.63, 3.8) is 0 Å². The highest BCUT2D eigenvalue weighted by molar-refractivity contribution is 7.92. The van der Waals surface area contributed by atoms with Crippen LogP contribution in [0.25, 0.3) is 0 Å². The van der Waals surface area contributed by atoms with Gasteiger partial charge in [-0.15, -0.1) is 0 Å². The van der Waals surface area contributed by atoms with Crippen LogP contribution in [0.2, 0.25) is 0 Å². The van der Waals surface area contributed by atoms with E-state index in [-0.39, 0.29) is 21.9 Å². The highest BCUT2D eigenvalue weighted by Crippen LogP contribution is 2.36. The molecule has 0 atom stereocenters. The summed E-state index contributed by atoms with van der Waals surface area (Å²) in [6.45, 7) is 3.73. The van der Waals surface area contributed by atoms with Gasteiger partial charge in [-0.2, -0.15) is 0 Å². The molecule has 0 aliphatic rings. The molecule has 0 fully saturated rings. The minimum Gasteiger partial charge on any atom is -0.495 e. The van der Waals surface area contributed by atoms with E-state index < -0.39 is 16.0 Å². The van der Waals surface area contributed by atoms with Crippen molar-refractivity contribution in [3.8, 4) is 5.75 Å². The lowest BCUT2D eigenvalue weighted by molar-refractivity contribution is 0.0694. The molecule has 0 bridgehead atoms. The molecule has 0 heterocycles. The minimum atomic E-state index is -3.92. The van der Waals surface area contributed by atoms with Crippen molar-refractivity contribution >= 4 is 21.7 Å². The topological polar surface area (TPSA) is 92.7 Å². The van der Waals surface area contributed by atoms with Crippen LogP contribution in [0.4, 0.5) is 5.69 Å². The Bertz CT molecular complexity index is 876. The van der Waals surface area contributed by atoms with Crippen molar-refractivity contribution in [3.05, 3.63) is 53.1 Å². The van der Waals surface area contributed by atoms with Crippen LogP contribution < -0.4 is 9.46 Å². The van der Waals surface area contributed by atoms with Gasteiger partial charge in [-0.25, -0.2) is 13.2 Å². The zero-order chi connectivity index (χ0) is 18.6. The van der Waals surface area contributed by atoms with Crippen LogP contribution in [-0.4, -0.2) is 26.6 Å². The number of anilines is 1. The molecule has 0 aromatic heterocycles. The molecule has 0 radical (unpaired) electrons. The molecule has 134 valence electrons. The van der Waals surface area contributed by atoms with Gasteiger partial charge in [0.15, 0.2) is 0 Å². The molecule has 2 aromatic rings. The first-order chi connectivity index (χ1) is 11.9. The first kappa shape index (κ1) is 18.8. The lowest BCUT2D eigenvalue weighted by atomic mass is 9.98. The van der Waals surface area contributed by atoms with Gasteiger partial charge in [-0.1, -0.05) is 38.1 Å². The number of aromatic carboxylic acids is 1. The second-order valence-corrected chi connectivity index (χ2v) is 7.09. The summed E-state index contributed by atoms with van der Waals surface area (Å²) in [6.07, 6.45) is 1.05. The van der Waals surface area contributed by atoms with Gasteiger partial charge in [0, 0.05) is 0 Å². The molecular weight excluding hydrogens is 342 g/mol. The molecule has 2 rings (SSSR count). The van der Waals surface area contributed by atoms with E-state index >= 15 is 0 Å². The van der Waals surface area contributed by atoms with Crippen molar-refractivity contribution < 1.29 is 23.1 Å². The van der Waals surface area contributed by atoms with Crippen molar-refractivity contribution in [2.45, 2.75) is 31.6 Å². The lowest BCUT2D eigenvalue weighted by Crippen LogP contribution is -2.18. The number of carbonyl (C=O) groups is 1. The zero-order valence-corrected chi connectivity index (χ0v) is 15.2. The van der Waals surface area contributed by atoms with Gasteiger partial charge >= 0.3 is 5.97 Å². The van der Waals surface area contributed by atoms with Crippen LogP contribution in [-0.2, 0) is 22.9 Å². The molecule has 25 heavy (non-hydrogen) atoms. The van der Waals surface area contributed by atoms with Gasteiger partial charge in [0.2, 0.25) is 0 Å². The lowest BCUT2D eigenvalue weighted by Gasteiger charge is -2.19. The molecule has 0 aliphatic carbocycles. The number of aryl methyl sites for hydroxylation is 2. The minimum absolute atomic E-state index is 0.0490. The SMILES string of the molecule is CCc1cc(CC)c(OC)c(C(=O)O)c1NS(=O)(=O)c1ccccc1. The summed E-state index contributed by atoms with van der Waals surface area (Å²) in [5.41, 5.74) is 1.21. The average Bonchev–Trinajstić information content (AvgIpc) is 2.61.